The van der Waals surface area contributed by atoms with Crippen molar-refractivity contribution in [3.63, 3.8) is 0 Å². The molecule has 1 aromatic heterocycles. The lowest BCUT2D eigenvalue weighted by molar-refractivity contribution is -0.385. The molecule has 0 saturated carbocycles. The van der Waals surface area contributed by atoms with Crippen molar-refractivity contribution in [2.75, 3.05) is 0 Å². The molecule has 0 radical (unpaired) electrons. The molecule has 1 amide bonds. The summed E-state index contributed by atoms with van der Waals surface area (Å²) in [5.41, 5.74) is 2.31. The van der Waals surface area contributed by atoms with Gasteiger partial charge in [-0.05, 0) is 17.7 Å². The summed E-state index contributed by atoms with van der Waals surface area (Å²) in [5.74, 6) is -0.905. The Labute approximate surface area is 112 Å². The van der Waals surface area contributed by atoms with Crippen LogP contribution in [0.1, 0.15) is 16.1 Å². The molecule has 0 saturated heterocycles. The summed E-state index contributed by atoms with van der Waals surface area (Å²) in [6, 6.07) is 6.47. The number of H-pyrrole nitrogens is 1. The monoisotopic (exact) mass is 273 g/mol. The Morgan fingerprint density at radius 3 is 2.85 bits per heavy atom. The van der Waals surface area contributed by atoms with Gasteiger partial charge < -0.3 is 10.1 Å². The fraction of sp³-hybridized carbons (Fsp3) is 0. The van der Waals surface area contributed by atoms with Gasteiger partial charge in [-0.15, -0.1) is 0 Å². The molecule has 0 spiro atoms. The Balaban J connectivity index is 2.09. The van der Waals surface area contributed by atoms with Gasteiger partial charge in [-0.3, -0.25) is 14.9 Å². The molecule has 2 N–H and O–H groups in total. The molecule has 0 aliphatic carbocycles. The lowest BCUT2D eigenvalue weighted by Crippen LogP contribution is -2.18. The van der Waals surface area contributed by atoms with Crippen LogP contribution >= 0.6 is 0 Å². The molecule has 2 rings (SSSR count). The number of non-ortho nitro benzene ring substituents is 1. The number of carbonyl (C=O) groups excluding carboxylic acids is 1. The van der Waals surface area contributed by atoms with E-state index in [1.54, 1.807) is 18.3 Å². The van der Waals surface area contributed by atoms with Crippen LogP contribution in [0.5, 0.6) is 5.75 Å². The number of rotatable bonds is 4. The number of nitro groups is 1. The fourth-order valence-electron chi connectivity index (χ4n) is 1.44. The predicted molar refractivity (Wildman–Crippen MR) is 68.4 cm³/mol. The van der Waals surface area contributed by atoms with Gasteiger partial charge in [0.2, 0.25) is 0 Å². The van der Waals surface area contributed by atoms with Crippen molar-refractivity contribution in [1.82, 2.24) is 10.4 Å². The highest BCUT2D eigenvalue weighted by Crippen LogP contribution is 2.18. The first-order valence-electron chi connectivity index (χ1n) is 5.50. The molecular formula is C12H9N4O4-. The molecule has 8 nitrogen and oxygen atoms in total. The van der Waals surface area contributed by atoms with E-state index in [-0.39, 0.29) is 11.3 Å². The first-order valence-corrected chi connectivity index (χ1v) is 5.50. The SMILES string of the molecule is O=C(N/N=C\c1cc([N+](=O)[O-])ccc1[O-])c1ccc[nH]1. The highest BCUT2D eigenvalue weighted by Gasteiger charge is 2.06. The van der Waals surface area contributed by atoms with E-state index >= 15 is 0 Å². The largest absolute Gasteiger partial charge is 0.872 e. The average molecular weight is 273 g/mol. The molecule has 1 heterocycles. The van der Waals surface area contributed by atoms with Crippen LogP contribution in [-0.4, -0.2) is 22.0 Å². The lowest BCUT2D eigenvalue weighted by Gasteiger charge is -2.08. The Morgan fingerprint density at radius 2 is 2.20 bits per heavy atom. The predicted octanol–water partition coefficient (Wildman–Crippen LogP) is 0.760. The third kappa shape index (κ3) is 2.99. The van der Waals surface area contributed by atoms with Crippen molar-refractivity contribution < 1.29 is 14.8 Å². The summed E-state index contributed by atoms with van der Waals surface area (Å²) in [6.07, 6.45) is 2.64. The van der Waals surface area contributed by atoms with Crippen LogP contribution in [0.15, 0.2) is 41.6 Å². The molecular weight excluding hydrogens is 264 g/mol. The minimum atomic E-state index is -0.617. The van der Waals surface area contributed by atoms with Gasteiger partial charge in [0.15, 0.2) is 0 Å². The maximum atomic E-state index is 11.5. The molecule has 1 aromatic carbocycles. The summed E-state index contributed by atoms with van der Waals surface area (Å²) in [5, 5.41) is 25.6. The minimum absolute atomic E-state index is 0.0194. The number of amides is 1. The van der Waals surface area contributed by atoms with Crippen molar-refractivity contribution in [3.8, 4) is 5.75 Å². The van der Waals surface area contributed by atoms with Gasteiger partial charge in [-0.1, -0.05) is 11.8 Å². The van der Waals surface area contributed by atoms with Gasteiger partial charge in [0.25, 0.3) is 11.6 Å². The third-order valence-corrected chi connectivity index (χ3v) is 2.42. The molecule has 0 aliphatic heterocycles. The number of aromatic nitrogens is 1. The zero-order valence-electron chi connectivity index (χ0n) is 10.1. The number of benzene rings is 1. The second-order valence-electron chi connectivity index (χ2n) is 3.76. The van der Waals surface area contributed by atoms with E-state index in [1.165, 1.54) is 0 Å². The second-order valence-corrected chi connectivity index (χ2v) is 3.76. The maximum absolute atomic E-state index is 11.5. The van der Waals surface area contributed by atoms with Crippen LogP contribution in [0, 0.1) is 10.1 Å². The van der Waals surface area contributed by atoms with Crippen LogP contribution in [0.25, 0.3) is 0 Å². The Kier molecular flexibility index (Phi) is 3.75. The molecule has 2 aromatic rings. The number of hydrazone groups is 1. The molecule has 0 unspecified atom stereocenters. The fourth-order valence-corrected chi connectivity index (χ4v) is 1.44. The van der Waals surface area contributed by atoms with E-state index in [1.807, 2.05) is 0 Å². The first kappa shape index (κ1) is 13.3. The van der Waals surface area contributed by atoms with Crippen LogP contribution in [0.4, 0.5) is 5.69 Å². The first-order chi connectivity index (χ1) is 9.58. The van der Waals surface area contributed by atoms with Crippen LogP contribution in [-0.2, 0) is 0 Å². The van der Waals surface area contributed by atoms with Crippen LogP contribution < -0.4 is 10.5 Å². The third-order valence-electron chi connectivity index (χ3n) is 2.42. The molecule has 0 aliphatic rings. The van der Waals surface area contributed by atoms with E-state index < -0.39 is 16.6 Å². The number of nitrogens with one attached hydrogen (secondary N) is 2. The Morgan fingerprint density at radius 1 is 1.40 bits per heavy atom. The Bertz CT molecular complexity index is 664. The summed E-state index contributed by atoms with van der Waals surface area (Å²) >= 11 is 0. The average Bonchev–Trinajstić information content (AvgIpc) is 2.94. The van der Waals surface area contributed by atoms with Crippen molar-refractivity contribution in [2.45, 2.75) is 0 Å². The van der Waals surface area contributed by atoms with E-state index in [0.29, 0.717) is 5.69 Å². The number of hydrogen-bond acceptors (Lipinski definition) is 5. The van der Waals surface area contributed by atoms with Crippen molar-refractivity contribution in [1.29, 1.82) is 0 Å². The maximum Gasteiger partial charge on any atom is 0.287 e. The highest BCUT2D eigenvalue weighted by atomic mass is 16.6. The van der Waals surface area contributed by atoms with Crippen molar-refractivity contribution in [2.24, 2.45) is 5.10 Å². The Hall–Kier alpha value is -3.16. The normalized spacial score (nSPS) is 10.6. The van der Waals surface area contributed by atoms with Gasteiger partial charge >= 0.3 is 0 Å². The second kappa shape index (κ2) is 5.65. The zero-order chi connectivity index (χ0) is 14.5. The smallest absolute Gasteiger partial charge is 0.287 e. The van der Waals surface area contributed by atoms with Crippen molar-refractivity contribution >= 4 is 17.8 Å². The lowest BCUT2D eigenvalue weighted by atomic mass is 10.2. The summed E-state index contributed by atoms with van der Waals surface area (Å²) < 4.78 is 0. The van der Waals surface area contributed by atoms with Gasteiger partial charge in [-0.2, -0.15) is 5.10 Å². The number of hydrogen-bond donors (Lipinski definition) is 2. The molecule has 20 heavy (non-hydrogen) atoms. The number of nitro benzene ring substituents is 1. The minimum Gasteiger partial charge on any atom is -0.872 e. The quantitative estimate of drug-likeness (QED) is 0.484. The van der Waals surface area contributed by atoms with Gasteiger partial charge in [-0.25, -0.2) is 5.43 Å². The van der Waals surface area contributed by atoms with Crippen molar-refractivity contribution in [3.05, 3.63) is 57.9 Å². The number of carbonyl (C=O) groups is 1. The van der Waals surface area contributed by atoms with E-state index in [0.717, 1.165) is 24.4 Å². The number of aromatic amines is 1. The van der Waals surface area contributed by atoms with Gasteiger partial charge in [0.1, 0.15) is 5.69 Å². The topological polar surface area (TPSA) is 123 Å². The van der Waals surface area contributed by atoms with E-state index in [4.69, 9.17) is 0 Å². The summed E-state index contributed by atoms with van der Waals surface area (Å²) in [7, 11) is 0. The molecule has 102 valence electrons. The van der Waals surface area contributed by atoms with E-state index in [2.05, 4.69) is 15.5 Å². The van der Waals surface area contributed by atoms with Gasteiger partial charge in [0.05, 0.1) is 11.1 Å². The molecule has 8 heteroatoms. The van der Waals surface area contributed by atoms with E-state index in [9.17, 15) is 20.0 Å². The summed E-state index contributed by atoms with van der Waals surface area (Å²) in [4.78, 5) is 24.2. The highest BCUT2D eigenvalue weighted by molar-refractivity contribution is 5.93. The molecule has 0 fully saturated rings. The standard InChI is InChI=1S/C12H10N4O4/c17-11-4-3-9(16(19)20)6-8(11)7-14-15-12(18)10-2-1-5-13-10/h1-7,13,17H,(H,15,18)/p-1/b14-7-. The molecule has 0 bridgehead atoms. The summed E-state index contributed by atoms with van der Waals surface area (Å²) in [6.45, 7) is 0. The molecule has 0 atom stereocenters. The zero-order valence-corrected chi connectivity index (χ0v) is 10.1. The van der Waals surface area contributed by atoms with Crippen LogP contribution in [0.2, 0.25) is 0 Å². The van der Waals surface area contributed by atoms with Crippen LogP contribution in [0.3, 0.4) is 0 Å². The van der Waals surface area contributed by atoms with Gasteiger partial charge in [0, 0.05) is 18.3 Å². The number of nitrogens with zero attached hydrogens (tertiary/aromatic N) is 2.